The van der Waals surface area contributed by atoms with Gasteiger partial charge in [0.1, 0.15) is 0 Å². The molecule has 0 aliphatic carbocycles. The number of fused-ring (bicyclic) bond motifs is 1. The zero-order chi connectivity index (χ0) is 16.2. The van der Waals surface area contributed by atoms with Gasteiger partial charge in [0.15, 0.2) is 0 Å². The van der Waals surface area contributed by atoms with E-state index in [0.717, 1.165) is 23.1 Å². The minimum Gasteiger partial charge on any atom is -0.394 e. The highest BCUT2D eigenvalue weighted by molar-refractivity contribution is 5.92. The number of aromatic nitrogens is 1. The highest BCUT2D eigenvalue weighted by Gasteiger charge is 2.28. The number of rotatable bonds is 3. The van der Waals surface area contributed by atoms with E-state index in [9.17, 15) is 9.90 Å². The standard InChI is InChI=1S/C19H20N2O2/c1-14-10-15(12-20-11-14)6-7-19(23)21-9-8-16-4-2-3-5-17(16)18(21)13-22/h2-7,10-12,18,22H,8-9,13H2,1H3/b7-6+. The molecule has 1 amide bonds. The van der Waals surface area contributed by atoms with Crippen LogP contribution < -0.4 is 0 Å². The van der Waals surface area contributed by atoms with Gasteiger partial charge in [0.2, 0.25) is 5.91 Å². The van der Waals surface area contributed by atoms with Crippen molar-refractivity contribution >= 4 is 12.0 Å². The monoisotopic (exact) mass is 308 g/mol. The van der Waals surface area contributed by atoms with Crippen molar-refractivity contribution in [3.05, 3.63) is 71.1 Å². The SMILES string of the molecule is Cc1cncc(/C=C/C(=O)N2CCc3ccccc3C2CO)c1. The molecule has 0 bridgehead atoms. The van der Waals surface area contributed by atoms with E-state index in [0.29, 0.717) is 6.54 Å². The van der Waals surface area contributed by atoms with Crippen LogP contribution in [-0.2, 0) is 11.2 Å². The maximum absolute atomic E-state index is 12.5. The number of aliphatic hydroxyl groups excluding tert-OH is 1. The Kier molecular flexibility index (Phi) is 4.53. The van der Waals surface area contributed by atoms with Crippen molar-refractivity contribution < 1.29 is 9.90 Å². The lowest BCUT2D eigenvalue weighted by atomic mass is 9.93. The largest absolute Gasteiger partial charge is 0.394 e. The fourth-order valence-electron chi connectivity index (χ4n) is 3.04. The van der Waals surface area contributed by atoms with Crippen LogP contribution in [0.1, 0.15) is 28.3 Å². The van der Waals surface area contributed by atoms with Gasteiger partial charge in [0.25, 0.3) is 0 Å². The van der Waals surface area contributed by atoms with E-state index in [1.165, 1.54) is 5.56 Å². The fraction of sp³-hybridized carbons (Fsp3) is 0.263. The number of carbonyl (C=O) groups is 1. The van der Waals surface area contributed by atoms with E-state index < -0.39 is 0 Å². The molecule has 1 aliphatic heterocycles. The van der Waals surface area contributed by atoms with Crippen molar-refractivity contribution in [2.24, 2.45) is 0 Å². The second-order valence-corrected chi connectivity index (χ2v) is 5.81. The normalized spacial score (nSPS) is 17.3. The average molecular weight is 308 g/mol. The van der Waals surface area contributed by atoms with E-state index in [1.54, 1.807) is 29.4 Å². The predicted molar refractivity (Wildman–Crippen MR) is 89.7 cm³/mol. The highest BCUT2D eigenvalue weighted by Crippen LogP contribution is 2.29. The van der Waals surface area contributed by atoms with Crippen LogP contribution in [0.3, 0.4) is 0 Å². The number of aliphatic hydroxyl groups is 1. The summed E-state index contributed by atoms with van der Waals surface area (Å²) in [6.07, 6.45) is 7.66. The van der Waals surface area contributed by atoms with E-state index >= 15 is 0 Å². The zero-order valence-corrected chi connectivity index (χ0v) is 13.1. The van der Waals surface area contributed by atoms with Crippen LogP contribution in [0.15, 0.2) is 48.8 Å². The third-order valence-electron chi connectivity index (χ3n) is 4.18. The Bertz CT molecular complexity index is 740. The lowest BCUT2D eigenvalue weighted by Crippen LogP contribution is -2.40. The highest BCUT2D eigenvalue weighted by atomic mass is 16.3. The molecular formula is C19H20N2O2. The summed E-state index contributed by atoms with van der Waals surface area (Å²) >= 11 is 0. The van der Waals surface area contributed by atoms with Crippen molar-refractivity contribution in [2.75, 3.05) is 13.2 Å². The van der Waals surface area contributed by atoms with Gasteiger partial charge in [0.05, 0.1) is 12.6 Å². The summed E-state index contributed by atoms with van der Waals surface area (Å²) in [5.41, 5.74) is 4.21. The molecule has 4 heteroatoms. The smallest absolute Gasteiger partial charge is 0.247 e. The summed E-state index contributed by atoms with van der Waals surface area (Å²) in [5, 5.41) is 9.75. The Morgan fingerprint density at radius 2 is 2.22 bits per heavy atom. The third-order valence-corrected chi connectivity index (χ3v) is 4.18. The van der Waals surface area contributed by atoms with Crippen LogP contribution in [0.5, 0.6) is 0 Å². The predicted octanol–water partition coefficient (Wildman–Crippen LogP) is 2.52. The second kappa shape index (κ2) is 6.75. The topological polar surface area (TPSA) is 53.4 Å². The molecule has 1 aromatic heterocycles. The lowest BCUT2D eigenvalue weighted by Gasteiger charge is -2.35. The first-order chi connectivity index (χ1) is 11.2. The van der Waals surface area contributed by atoms with Gasteiger partial charge in [-0.05, 0) is 47.7 Å². The molecule has 1 N–H and O–H groups in total. The lowest BCUT2D eigenvalue weighted by molar-refractivity contribution is -0.129. The molecule has 1 atom stereocenters. The summed E-state index contributed by atoms with van der Waals surface area (Å²) in [5.74, 6) is -0.0833. The van der Waals surface area contributed by atoms with Gasteiger partial charge in [-0.1, -0.05) is 24.3 Å². The number of hydrogen-bond donors (Lipinski definition) is 1. The molecule has 4 nitrogen and oxygen atoms in total. The van der Waals surface area contributed by atoms with Gasteiger partial charge in [-0.3, -0.25) is 9.78 Å². The van der Waals surface area contributed by atoms with Gasteiger partial charge >= 0.3 is 0 Å². The molecule has 1 unspecified atom stereocenters. The van der Waals surface area contributed by atoms with Crippen molar-refractivity contribution in [2.45, 2.75) is 19.4 Å². The summed E-state index contributed by atoms with van der Waals surface area (Å²) < 4.78 is 0. The van der Waals surface area contributed by atoms with Crippen LogP contribution in [0.25, 0.3) is 6.08 Å². The Labute approximate surface area is 136 Å². The van der Waals surface area contributed by atoms with Crippen LogP contribution in [0.2, 0.25) is 0 Å². The number of hydrogen-bond acceptors (Lipinski definition) is 3. The van der Waals surface area contributed by atoms with E-state index in [-0.39, 0.29) is 18.6 Å². The molecule has 0 spiro atoms. The average Bonchev–Trinajstić information content (AvgIpc) is 2.58. The summed E-state index contributed by atoms with van der Waals surface area (Å²) in [7, 11) is 0. The van der Waals surface area contributed by atoms with Crippen molar-refractivity contribution in [1.29, 1.82) is 0 Å². The number of benzene rings is 1. The maximum atomic E-state index is 12.5. The third kappa shape index (κ3) is 3.32. The van der Waals surface area contributed by atoms with Crippen LogP contribution >= 0.6 is 0 Å². The van der Waals surface area contributed by atoms with Crippen molar-refractivity contribution in [3.63, 3.8) is 0 Å². The molecular weight excluding hydrogens is 288 g/mol. The van der Waals surface area contributed by atoms with Crippen LogP contribution in [0.4, 0.5) is 0 Å². The molecule has 2 aromatic rings. The summed E-state index contributed by atoms with van der Waals surface area (Å²) in [4.78, 5) is 18.4. The van der Waals surface area contributed by atoms with Gasteiger partial charge in [-0.15, -0.1) is 0 Å². The maximum Gasteiger partial charge on any atom is 0.247 e. The molecule has 118 valence electrons. The number of aryl methyl sites for hydroxylation is 1. The molecule has 1 aliphatic rings. The molecule has 3 rings (SSSR count). The Morgan fingerprint density at radius 1 is 1.39 bits per heavy atom. The second-order valence-electron chi connectivity index (χ2n) is 5.81. The van der Waals surface area contributed by atoms with Crippen LogP contribution in [-0.4, -0.2) is 34.0 Å². The Hall–Kier alpha value is -2.46. The minimum absolute atomic E-state index is 0.0669. The van der Waals surface area contributed by atoms with Crippen LogP contribution in [0, 0.1) is 6.92 Å². The molecule has 2 heterocycles. The number of amides is 1. The van der Waals surface area contributed by atoms with E-state index in [2.05, 4.69) is 11.1 Å². The number of carbonyl (C=O) groups excluding carboxylic acids is 1. The first kappa shape index (κ1) is 15.4. The molecule has 0 saturated heterocycles. The van der Waals surface area contributed by atoms with Gasteiger partial charge in [0, 0.05) is 25.0 Å². The minimum atomic E-state index is -0.271. The van der Waals surface area contributed by atoms with E-state index in [1.807, 2.05) is 31.2 Å². The van der Waals surface area contributed by atoms with E-state index in [4.69, 9.17) is 0 Å². The van der Waals surface area contributed by atoms with Gasteiger partial charge < -0.3 is 10.0 Å². The summed E-state index contributed by atoms with van der Waals surface area (Å²) in [6.45, 7) is 2.52. The molecule has 23 heavy (non-hydrogen) atoms. The van der Waals surface area contributed by atoms with Gasteiger partial charge in [-0.2, -0.15) is 0 Å². The quantitative estimate of drug-likeness (QED) is 0.887. The van der Waals surface area contributed by atoms with Crippen molar-refractivity contribution in [1.82, 2.24) is 9.88 Å². The zero-order valence-electron chi connectivity index (χ0n) is 13.1. The molecule has 0 fully saturated rings. The summed E-state index contributed by atoms with van der Waals surface area (Å²) in [6, 6.07) is 9.70. The molecule has 1 aromatic carbocycles. The van der Waals surface area contributed by atoms with Crippen molar-refractivity contribution in [3.8, 4) is 0 Å². The fourth-order valence-corrected chi connectivity index (χ4v) is 3.04. The first-order valence-corrected chi connectivity index (χ1v) is 7.78. The van der Waals surface area contributed by atoms with Gasteiger partial charge in [-0.25, -0.2) is 0 Å². The Balaban J connectivity index is 1.80. The first-order valence-electron chi connectivity index (χ1n) is 7.78. The Morgan fingerprint density at radius 3 is 3.00 bits per heavy atom. The molecule has 0 radical (unpaired) electrons. The number of pyridine rings is 1. The molecule has 0 saturated carbocycles. The number of nitrogens with zero attached hydrogens (tertiary/aromatic N) is 2.